The van der Waals surface area contributed by atoms with E-state index in [-0.39, 0.29) is 5.97 Å². The van der Waals surface area contributed by atoms with Crippen LogP contribution in [0.1, 0.15) is 51.9 Å². The van der Waals surface area contributed by atoms with Gasteiger partial charge in [0.05, 0.1) is 13.2 Å². The summed E-state index contributed by atoms with van der Waals surface area (Å²) in [6.07, 6.45) is 7.70. The van der Waals surface area contributed by atoms with Gasteiger partial charge in [0, 0.05) is 13.0 Å². The van der Waals surface area contributed by atoms with Crippen molar-refractivity contribution in [3.05, 3.63) is 0 Å². The van der Waals surface area contributed by atoms with Crippen LogP contribution >= 0.6 is 0 Å². The fraction of sp³-hybridized carbons (Fsp3) is 0.933. The second kappa shape index (κ2) is 13.8. The maximum Gasteiger partial charge on any atom is 0.305 e. The van der Waals surface area contributed by atoms with E-state index in [4.69, 9.17) is 9.47 Å². The molecule has 0 spiro atoms. The second-order valence-corrected chi connectivity index (χ2v) is 5.15. The standard InChI is InChI=1S/C15H31NO3/c1-4-5-6-7-8-9-10-15(17)19-14-13-18-12-11-16(2)3/h4-14H2,1-3H3. The fourth-order valence-electron chi connectivity index (χ4n) is 1.69. The third kappa shape index (κ3) is 15.3. The number of nitrogens with zero attached hydrogens (tertiary/aromatic N) is 1. The number of hydrogen-bond donors (Lipinski definition) is 0. The fourth-order valence-corrected chi connectivity index (χ4v) is 1.69. The van der Waals surface area contributed by atoms with Crippen LogP contribution < -0.4 is 0 Å². The Morgan fingerprint density at radius 1 is 0.947 bits per heavy atom. The minimum Gasteiger partial charge on any atom is -0.463 e. The lowest BCUT2D eigenvalue weighted by Gasteiger charge is -2.10. The average molecular weight is 273 g/mol. The highest BCUT2D eigenvalue weighted by atomic mass is 16.6. The van der Waals surface area contributed by atoms with E-state index >= 15 is 0 Å². The van der Waals surface area contributed by atoms with Gasteiger partial charge in [0.2, 0.25) is 0 Å². The molecule has 0 saturated heterocycles. The second-order valence-electron chi connectivity index (χ2n) is 5.15. The Hall–Kier alpha value is -0.610. The molecule has 0 aliphatic rings. The van der Waals surface area contributed by atoms with Crippen molar-refractivity contribution in [1.82, 2.24) is 4.90 Å². The van der Waals surface area contributed by atoms with E-state index in [2.05, 4.69) is 11.8 Å². The molecular formula is C15H31NO3. The lowest BCUT2D eigenvalue weighted by Crippen LogP contribution is -2.19. The number of hydrogen-bond acceptors (Lipinski definition) is 4. The van der Waals surface area contributed by atoms with Crippen molar-refractivity contribution in [2.24, 2.45) is 0 Å². The predicted octanol–water partition coefficient (Wildman–Crippen LogP) is 2.86. The first kappa shape index (κ1) is 18.4. The van der Waals surface area contributed by atoms with Crippen LogP contribution in [0.4, 0.5) is 0 Å². The minimum atomic E-state index is -0.0910. The number of carbonyl (C=O) groups is 1. The SMILES string of the molecule is CCCCCCCCC(=O)OCCOCCN(C)C. The number of unbranched alkanes of at least 4 members (excludes halogenated alkanes) is 5. The van der Waals surface area contributed by atoms with E-state index in [1.807, 2.05) is 14.1 Å². The molecule has 0 aromatic carbocycles. The highest BCUT2D eigenvalue weighted by Crippen LogP contribution is 2.07. The van der Waals surface area contributed by atoms with Gasteiger partial charge in [-0.1, -0.05) is 39.0 Å². The molecule has 0 atom stereocenters. The van der Waals surface area contributed by atoms with E-state index < -0.39 is 0 Å². The van der Waals surface area contributed by atoms with Crippen LogP contribution in [-0.2, 0) is 14.3 Å². The summed E-state index contributed by atoms with van der Waals surface area (Å²) >= 11 is 0. The van der Waals surface area contributed by atoms with Crippen molar-refractivity contribution in [2.45, 2.75) is 51.9 Å². The molecule has 4 nitrogen and oxygen atoms in total. The molecule has 114 valence electrons. The summed E-state index contributed by atoms with van der Waals surface area (Å²) < 4.78 is 10.4. The summed E-state index contributed by atoms with van der Waals surface area (Å²) in [4.78, 5) is 13.4. The van der Waals surface area contributed by atoms with E-state index in [0.717, 1.165) is 19.4 Å². The van der Waals surface area contributed by atoms with Crippen molar-refractivity contribution in [1.29, 1.82) is 0 Å². The summed E-state index contributed by atoms with van der Waals surface area (Å²) in [5.41, 5.74) is 0. The van der Waals surface area contributed by atoms with Gasteiger partial charge in [-0.25, -0.2) is 0 Å². The zero-order chi connectivity index (χ0) is 14.3. The van der Waals surface area contributed by atoms with Gasteiger partial charge < -0.3 is 14.4 Å². The first-order chi connectivity index (χ1) is 9.16. The molecule has 0 bridgehead atoms. The lowest BCUT2D eigenvalue weighted by molar-refractivity contribution is -0.145. The molecule has 0 unspecified atom stereocenters. The van der Waals surface area contributed by atoms with Crippen LogP contribution in [0.25, 0.3) is 0 Å². The minimum absolute atomic E-state index is 0.0910. The van der Waals surface area contributed by atoms with Crippen LogP contribution in [0.2, 0.25) is 0 Å². The normalized spacial score (nSPS) is 10.9. The van der Waals surface area contributed by atoms with Crippen molar-refractivity contribution in [3.63, 3.8) is 0 Å². The van der Waals surface area contributed by atoms with Crippen LogP contribution in [0, 0.1) is 0 Å². The third-order valence-electron chi connectivity index (χ3n) is 2.91. The van der Waals surface area contributed by atoms with E-state index in [9.17, 15) is 4.79 Å². The Kier molecular flexibility index (Phi) is 13.4. The number of carbonyl (C=O) groups excluding carboxylic acids is 1. The van der Waals surface area contributed by atoms with Gasteiger partial charge in [0.15, 0.2) is 0 Å². The summed E-state index contributed by atoms with van der Waals surface area (Å²) in [6, 6.07) is 0. The van der Waals surface area contributed by atoms with E-state index in [0.29, 0.717) is 26.2 Å². The molecule has 0 aliphatic heterocycles. The zero-order valence-electron chi connectivity index (χ0n) is 13.0. The zero-order valence-corrected chi connectivity index (χ0v) is 13.0. The smallest absolute Gasteiger partial charge is 0.305 e. The molecule has 19 heavy (non-hydrogen) atoms. The van der Waals surface area contributed by atoms with Crippen LogP contribution in [0.15, 0.2) is 0 Å². The Labute approximate surface area is 118 Å². The first-order valence-corrected chi connectivity index (χ1v) is 7.55. The predicted molar refractivity (Wildman–Crippen MR) is 78.3 cm³/mol. The molecule has 0 aliphatic carbocycles. The highest BCUT2D eigenvalue weighted by Gasteiger charge is 2.02. The topological polar surface area (TPSA) is 38.8 Å². The molecule has 0 aromatic heterocycles. The summed E-state index contributed by atoms with van der Waals surface area (Å²) in [5, 5.41) is 0. The average Bonchev–Trinajstić information content (AvgIpc) is 2.37. The molecule has 0 N–H and O–H groups in total. The molecule has 0 fully saturated rings. The Balaban J connectivity index is 3.17. The Morgan fingerprint density at radius 3 is 2.32 bits per heavy atom. The number of likely N-dealkylation sites (N-methyl/N-ethyl adjacent to an activating group) is 1. The highest BCUT2D eigenvalue weighted by molar-refractivity contribution is 5.69. The first-order valence-electron chi connectivity index (χ1n) is 7.55. The van der Waals surface area contributed by atoms with Crippen LogP contribution in [0.3, 0.4) is 0 Å². The largest absolute Gasteiger partial charge is 0.463 e. The summed E-state index contributed by atoms with van der Waals surface area (Å²) in [7, 11) is 4.01. The van der Waals surface area contributed by atoms with E-state index in [1.54, 1.807) is 0 Å². The van der Waals surface area contributed by atoms with Crippen molar-refractivity contribution in [2.75, 3.05) is 40.5 Å². The molecule has 0 radical (unpaired) electrons. The molecule has 0 rings (SSSR count). The van der Waals surface area contributed by atoms with Crippen molar-refractivity contribution >= 4 is 5.97 Å². The van der Waals surface area contributed by atoms with Gasteiger partial charge in [-0.15, -0.1) is 0 Å². The van der Waals surface area contributed by atoms with Gasteiger partial charge in [-0.3, -0.25) is 4.79 Å². The lowest BCUT2D eigenvalue weighted by atomic mass is 10.1. The van der Waals surface area contributed by atoms with Crippen molar-refractivity contribution in [3.8, 4) is 0 Å². The quantitative estimate of drug-likeness (QED) is 0.382. The maximum absolute atomic E-state index is 11.4. The van der Waals surface area contributed by atoms with Crippen molar-refractivity contribution < 1.29 is 14.3 Å². The molecular weight excluding hydrogens is 242 g/mol. The Morgan fingerprint density at radius 2 is 1.63 bits per heavy atom. The van der Waals surface area contributed by atoms with Gasteiger partial charge in [0.25, 0.3) is 0 Å². The summed E-state index contributed by atoms with van der Waals surface area (Å²) in [6.45, 7) is 4.66. The Bertz CT molecular complexity index is 208. The van der Waals surface area contributed by atoms with E-state index in [1.165, 1.54) is 25.7 Å². The molecule has 0 aromatic rings. The third-order valence-corrected chi connectivity index (χ3v) is 2.91. The number of rotatable bonds is 13. The van der Waals surface area contributed by atoms with Gasteiger partial charge in [-0.2, -0.15) is 0 Å². The molecule has 0 heterocycles. The maximum atomic E-state index is 11.4. The monoisotopic (exact) mass is 273 g/mol. The summed E-state index contributed by atoms with van der Waals surface area (Å²) in [5.74, 6) is -0.0910. The molecule has 0 saturated carbocycles. The number of ether oxygens (including phenoxy) is 2. The van der Waals surface area contributed by atoms with Crippen LogP contribution in [-0.4, -0.2) is 51.3 Å². The van der Waals surface area contributed by atoms with Gasteiger partial charge in [-0.05, 0) is 20.5 Å². The van der Waals surface area contributed by atoms with Gasteiger partial charge in [0.1, 0.15) is 6.61 Å². The van der Waals surface area contributed by atoms with Crippen LogP contribution in [0.5, 0.6) is 0 Å². The molecule has 0 amide bonds. The van der Waals surface area contributed by atoms with Gasteiger partial charge >= 0.3 is 5.97 Å². The molecule has 4 heteroatoms. The number of esters is 1.